The van der Waals surface area contributed by atoms with Gasteiger partial charge in [0, 0.05) is 55.9 Å². The molecule has 4 rings (SSSR count). The summed E-state index contributed by atoms with van der Waals surface area (Å²) in [6.45, 7) is 4.91. The molecule has 1 atom stereocenters. The van der Waals surface area contributed by atoms with Crippen molar-refractivity contribution in [3.8, 4) is 0 Å². The summed E-state index contributed by atoms with van der Waals surface area (Å²) in [5.41, 5.74) is 1.07. The quantitative estimate of drug-likeness (QED) is 0.807. The lowest BCUT2D eigenvalue weighted by Gasteiger charge is -2.37. The number of aryl methyl sites for hydroxylation is 1. The molecule has 2 amide bonds. The molecular weight excluding hydrogens is 368 g/mol. The first-order valence-corrected chi connectivity index (χ1v) is 9.42. The van der Waals surface area contributed by atoms with E-state index < -0.39 is 0 Å². The summed E-state index contributed by atoms with van der Waals surface area (Å²) in [6, 6.07) is 9.46. The van der Waals surface area contributed by atoms with E-state index in [4.69, 9.17) is 16.1 Å². The van der Waals surface area contributed by atoms with E-state index in [1.807, 2.05) is 29.2 Å². The van der Waals surface area contributed by atoms with E-state index in [9.17, 15) is 9.59 Å². The zero-order chi connectivity index (χ0) is 19.0. The van der Waals surface area contributed by atoms with Crippen molar-refractivity contribution >= 4 is 34.9 Å². The third-order valence-electron chi connectivity index (χ3n) is 5.13. The van der Waals surface area contributed by atoms with Gasteiger partial charge in [0.05, 0.1) is 5.92 Å². The van der Waals surface area contributed by atoms with Crippen LogP contribution in [0, 0.1) is 12.8 Å². The number of nitrogens with zero attached hydrogens (tertiary/aromatic N) is 4. The highest BCUT2D eigenvalue weighted by Crippen LogP contribution is 2.27. The number of carbonyl (C=O) groups is 2. The normalized spacial score (nSPS) is 20.4. The fourth-order valence-corrected chi connectivity index (χ4v) is 3.88. The molecule has 0 bridgehead atoms. The Morgan fingerprint density at radius 2 is 2.00 bits per heavy atom. The number of anilines is 2. The Balaban J connectivity index is 1.36. The molecule has 1 unspecified atom stereocenters. The van der Waals surface area contributed by atoms with E-state index >= 15 is 0 Å². The maximum absolute atomic E-state index is 12.9. The van der Waals surface area contributed by atoms with E-state index in [-0.39, 0.29) is 24.2 Å². The van der Waals surface area contributed by atoms with Gasteiger partial charge in [-0.2, -0.15) is 0 Å². The first kappa shape index (κ1) is 17.9. The van der Waals surface area contributed by atoms with Crippen LogP contribution in [0.5, 0.6) is 0 Å². The summed E-state index contributed by atoms with van der Waals surface area (Å²) in [6.07, 6.45) is 0.221. The fourth-order valence-electron chi connectivity index (χ4n) is 3.69. The van der Waals surface area contributed by atoms with Crippen LogP contribution in [0.3, 0.4) is 0 Å². The third kappa shape index (κ3) is 3.64. The van der Waals surface area contributed by atoms with Crippen molar-refractivity contribution in [2.75, 3.05) is 42.5 Å². The van der Waals surface area contributed by atoms with Gasteiger partial charge in [-0.25, -0.2) is 0 Å². The number of halogens is 1. The van der Waals surface area contributed by atoms with E-state index in [1.54, 1.807) is 17.9 Å². The molecule has 7 nitrogen and oxygen atoms in total. The summed E-state index contributed by atoms with van der Waals surface area (Å²) in [4.78, 5) is 30.8. The number of carbonyl (C=O) groups excluding carboxylic acids is 2. The molecule has 2 aliphatic heterocycles. The number of hydrogen-bond acceptors (Lipinski definition) is 5. The van der Waals surface area contributed by atoms with Crippen LogP contribution >= 0.6 is 11.6 Å². The number of rotatable bonds is 3. The molecule has 0 N–H and O–H groups in total. The van der Waals surface area contributed by atoms with Crippen molar-refractivity contribution in [1.82, 2.24) is 10.1 Å². The van der Waals surface area contributed by atoms with Gasteiger partial charge in [0.1, 0.15) is 5.76 Å². The predicted octanol–water partition coefficient (Wildman–Crippen LogP) is 2.34. The highest BCUT2D eigenvalue weighted by molar-refractivity contribution is 6.30. The lowest BCUT2D eigenvalue weighted by atomic mass is 10.1. The first-order valence-electron chi connectivity index (χ1n) is 9.04. The van der Waals surface area contributed by atoms with Crippen LogP contribution in [0.4, 0.5) is 11.5 Å². The zero-order valence-electron chi connectivity index (χ0n) is 15.1. The second kappa shape index (κ2) is 7.23. The smallest absolute Gasteiger partial charge is 0.229 e. The molecular formula is C19H21ClN4O3. The Bertz CT molecular complexity index is 860. The van der Waals surface area contributed by atoms with Gasteiger partial charge in [-0.1, -0.05) is 22.8 Å². The Labute approximate surface area is 162 Å². The molecule has 1 aromatic heterocycles. The van der Waals surface area contributed by atoms with Gasteiger partial charge in [0.2, 0.25) is 11.8 Å². The molecule has 0 radical (unpaired) electrons. The minimum atomic E-state index is -0.327. The average molecular weight is 389 g/mol. The molecule has 3 heterocycles. The Morgan fingerprint density at radius 3 is 2.67 bits per heavy atom. The summed E-state index contributed by atoms with van der Waals surface area (Å²) in [7, 11) is 0. The molecule has 0 spiro atoms. The standard InChI is InChI=1S/C19H21ClN4O3/c1-13-9-17(21-27-13)24-12-14(10-18(24)25)19(26)23-7-5-22(6-8-23)16-4-2-3-15(20)11-16/h2-4,9,11,14H,5-8,10,12H2,1H3. The lowest BCUT2D eigenvalue weighted by molar-refractivity contribution is -0.136. The first-order chi connectivity index (χ1) is 13.0. The molecule has 2 fully saturated rings. The summed E-state index contributed by atoms with van der Waals surface area (Å²) >= 11 is 6.07. The van der Waals surface area contributed by atoms with Crippen LogP contribution in [0.15, 0.2) is 34.9 Å². The number of aromatic nitrogens is 1. The second-order valence-corrected chi connectivity index (χ2v) is 7.43. The zero-order valence-corrected chi connectivity index (χ0v) is 15.9. The number of benzene rings is 1. The predicted molar refractivity (Wildman–Crippen MR) is 102 cm³/mol. The van der Waals surface area contributed by atoms with E-state index in [1.165, 1.54) is 0 Å². The molecule has 0 aliphatic carbocycles. The van der Waals surface area contributed by atoms with Gasteiger partial charge in [0.15, 0.2) is 5.82 Å². The van der Waals surface area contributed by atoms with Gasteiger partial charge in [0.25, 0.3) is 0 Å². The Hall–Kier alpha value is -2.54. The number of hydrogen-bond donors (Lipinski definition) is 0. The molecule has 2 aliphatic rings. The molecule has 2 saturated heterocycles. The maximum atomic E-state index is 12.9. The van der Waals surface area contributed by atoms with Crippen LogP contribution in [0.25, 0.3) is 0 Å². The monoisotopic (exact) mass is 388 g/mol. The van der Waals surface area contributed by atoms with Crippen LogP contribution in [-0.2, 0) is 9.59 Å². The van der Waals surface area contributed by atoms with Crippen molar-refractivity contribution in [3.63, 3.8) is 0 Å². The second-order valence-electron chi connectivity index (χ2n) is 6.99. The third-order valence-corrected chi connectivity index (χ3v) is 5.37. The van der Waals surface area contributed by atoms with Gasteiger partial charge in [-0.15, -0.1) is 0 Å². The summed E-state index contributed by atoms with van der Waals surface area (Å²) in [5.74, 6) is 0.756. The minimum absolute atomic E-state index is 0.0387. The Kier molecular flexibility index (Phi) is 4.78. The van der Waals surface area contributed by atoms with Gasteiger partial charge < -0.3 is 14.3 Å². The van der Waals surface area contributed by atoms with Crippen molar-refractivity contribution in [3.05, 3.63) is 41.1 Å². The van der Waals surface area contributed by atoms with E-state index in [0.29, 0.717) is 36.2 Å². The van der Waals surface area contributed by atoms with Gasteiger partial charge in [-0.3, -0.25) is 14.5 Å². The van der Waals surface area contributed by atoms with E-state index in [0.717, 1.165) is 18.8 Å². The maximum Gasteiger partial charge on any atom is 0.229 e. The highest BCUT2D eigenvalue weighted by Gasteiger charge is 2.39. The van der Waals surface area contributed by atoms with Crippen molar-refractivity contribution in [2.45, 2.75) is 13.3 Å². The van der Waals surface area contributed by atoms with Crippen LogP contribution in [0.2, 0.25) is 5.02 Å². The molecule has 27 heavy (non-hydrogen) atoms. The molecule has 1 aromatic carbocycles. The SMILES string of the molecule is Cc1cc(N2CC(C(=O)N3CCN(c4cccc(Cl)c4)CC3)CC2=O)no1. The number of piperazine rings is 1. The average Bonchev–Trinajstić information content (AvgIpc) is 3.27. The number of amides is 2. The van der Waals surface area contributed by atoms with Crippen LogP contribution < -0.4 is 9.80 Å². The van der Waals surface area contributed by atoms with Gasteiger partial charge >= 0.3 is 0 Å². The van der Waals surface area contributed by atoms with Crippen LogP contribution in [-0.4, -0.2) is 54.6 Å². The molecule has 2 aromatic rings. The van der Waals surface area contributed by atoms with Gasteiger partial charge in [-0.05, 0) is 25.1 Å². The molecule has 0 saturated carbocycles. The minimum Gasteiger partial charge on any atom is -0.368 e. The molecule has 142 valence electrons. The fraction of sp³-hybridized carbons (Fsp3) is 0.421. The van der Waals surface area contributed by atoms with Crippen molar-refractivity contribution in [1.29, 1.82) is 0 Å². The Morgan fingerprint density at radius 1 is 1.22 bits per heavy atom. The molecule has 8 heteroatoms. The lowest BCUT2D eigenvalue weighted by Crippen LogP contribution is -2.50. The highest BCUT2D eigenvalue weighted by atomic mass is 35.5. The summed E-state index contributed by atoms with van der Waals surface area (Å²) in [5, 5.41) is 4.60. The largest absolute Gasteiger partial charge is 0.368 e. The van der Waals surface area contributed by atoms with Crippen molar-refractivity contribution < 1.29 is 14.1 Å². The van der Waals surface area contributed by atoms with Crippen LogP contribution in [0.1, 0.15) is 12.2 Å². The summed E-state index contributed by atoms with van der Waals surface area (Å²) < 4.78 is 5.05. The van der Waals surface area contributed by atoms with Crippen molar-refractivity contribution in [2.24, 2.45) is 5.92 Å². The van der Waals surface area contributed by atoms with E-state index in [2.05, 4.69) is 10.1 Å². The topological polar surface area (TPSA) is 69.9 Å².